The number of sulfonamides is 1. The first-order valence-corrected chi connectivity index (χ1v) is 7.78. The van der Waals surface area contributed by atoms with E-state index in [2.05, 4.69) is 4.72 Å². The van der Waals surface area contributed by atoms with E-state index in [1.807, 2.05) is 6.07 Å². The van der Waals surface area contributed by atoms with E-state index in [0.29, 0.717) is 11.1 Å². The van der Waals surface area contributed by atoms with E-state index < -0.39 is 28.8 Å². The average Bonchev–Trinajstić information content (AvgIpc) is 2.44. The Kier molecular flexibility index (Phi) is 5.65. The maximum Gasteiger partial charge on any atom is 0.216 e. The number of rotatable bonds is 7. The van der Waals surface area contributed by atoms with Gasteiger partial charge in [-0.25, -0.2) is 13.1 Å². The third kappa shape index (κ3) is 4.28. The summed E-state index contributed by atoms with van der Waals surface area (Å²) in [4.78, 5) is 0. The molecule has 0 aliphatic carbocycles. The van der Waals surface area contributed by atoms with Crippen LogP contribution in [0.1, 0.15) is 24.5 Å². The molecule has 0 atom stereocenters. The molecule has 3 N–H and O–H groups in total. The molecule has 0 aliphatic heterocycles. The van der Waals surface area contributed by atoms with Crippen LogP contribution in [0.3, 0.4) is 0 Å². The average molecular weight is 298 g/mol. The lowest BCUT2D eigenvalue weighted by Crippen LogP contribution is -2.53. The maximum atomic E-state index is 12.1. The van der Waals surface area contributed by atoms with Crippen LogP contribution in [0.4, 0.5) is 0 Å². The summed E-state index contributed by atoms with van der Waals surface area (Å²) < 4.78 is 26.5. The summed E-state index contributed by atoms with van der Waals surface area (Å²) in [5.74, 6) is -0.315. The Morgan fingerprint density at radius 3 is 2.50 bits per heavy atom. The molecule has 7 heteroatoms. The van der Waals surface area contributed by atoms with Gasteiger partial charge < -0.3 is 10.2 Å². The van der Waals surface area contributed by atoms with Gasteiger partial charge in [0.15, 0.2) is 0 Å². The first-order valence-electron chi connectivity index (χ1n) is 6.12. The highest BCUT2D eigenvalue weighted by Crippen LogP contribution is 2.14. The molecule has 0 spiro atoms. The van der Waals surface area contributed by atoms with Crippen LogP contribution in [0.15, 0.2) is 24.3 Å². The van der Waals surface area contributed by atoms with Crippen molar-refractivity contribution in [1.29, 1.82) is 5.26 Å². The van der Waals surface area contributed by atoms with Gasteiger partial charge in [0.05, 0.1) is 36.1 Å². The molecule has 110 valence electrons. The fourth-order valence-corrected chi connectivity index (χ4v) is 3.35. The van der Waals surface area contributed by atoms with Crippen LogP contribution >= 0.6 is 0 Å². The zero-order valence-corrected chi connectivity index (χ0v) is 12.0. The van der Waals surface area contributed by atoms with Crippen LogP contribution in [0.5, 0.6) is 0 Å². The van der Waals surface area contributed by atoms with Crippen molar-refractivity contribution in [2.75, 3.05) is 13.2 Å². The van der Waals surface area contributed by atoms with E-state index in [4.69, 9.17) is 5.26 Å². The standard InChI is InChI=1S/C13H18N2O4S/c1-2-13(9-16,10-17)15-20(18,19)8-12-5-3-4-11(6-12)7-14/h3-6,15-17H,2,8-10H2,1H3. The minimum absolute atomic E-state index is 0.261. The van der Waals surface area contributed by atoms with Gasteiger partial charge in [0.25, 0.3) is 0 Å². The van der Waals surface area contributed by atoms with Gasteiger partial charge in [-0.05, 0) is 24.1 Å². The Morgan fingerprint density at radius 2 is 2.00 bits per heavy atom. The number of nitrogens with zero attached hydrogens (tertiary/aromatic N) is 1. The molecule has 0 aliphatic rings. The first-order chi connectivity index (χ1) is 9.40. The second-order valence-electron chi connectivity index (χ2n) is 4.62. The number of nitrogens with one attached hydrogen (secondary N) is 1. The van der Waals surface area contributed by atoms with Crippen molar-refractivity contribution in [3.8, 4) is 6.07 Å². The molecule has 0 heterocycles. The third-order valence-electron chi connectivity index (χ3n) is 3.07. The highest BCUT2D eigenvalue weighted by molar-refractivity contribution is 7.88. The second-order valence-corrected chi connectivity index (χ2v) is 6.35. The van der Waals surface area contributed by atoms with Crippen LogP contribution in [0, 0.1) is 11.3 Å². The molecule has 6 nitrogen and oxygen atoms in total. The number of aliphatic hydroxyl groups is 2. The van der Waals surface area contributed by atoms with Crippen molar-refractivity contribution < 1.29 is 18.6 Å². The van der Waals surface area contributed by atoms with Crippen molar-refractivity contribution >= 4 is 10.0 Å². The van der Waals surface area contributed by atoms with E-state index in [0.717, 1.165) is 0 Å². The largest absolute Gasteiger partial charge is 0.394 e. The molecule has 1 rings (SSSR count). The van der Waals surface area contributed by atoms with E-state index in [1.165, 1.54) is 6.07 Å². The summed E-state index contributed by atoms with van der Waals surface area (Å²) in [5, 5.41) is 27.3. The zero-order chi connectivity index (χ0) is 15.2. The number of hydrogen-bond acceptors (Lipinski definition) is 5. The third-order valence-corrected chi connectivity index (χ3v) is 4.52. The van der Waals surface area contributed by atoms with E-state index in [1.54, 1.807) is 25.1 Å². The van der Waals surface area contributed by atoms with Crippen LogP contribution in [0.2, 0.25) is 0 Å². The lowest BCUT2D eigenvalue weighted by Gasteiger charge is -2.29. The lowest BCUT2D eigenvalue weighted by atomic mass is 10.0. The van der Waals surface area contributed by atoms with Crippen molar-refractivity contribution in [3.05, 3.63) is 35.4 Å². The van der Waals surface area contributed by atoms with Crippen LogP contribution < -0.4 is 4.72 Å². The minimum Gasteiger partial charge on any atom is -0.394 e. The highest BCUT2D eigenvalue weighted by Gasteiger charge is 2.31. The fourth-order valence-electron chi connectivity index (χ4n) is 1.73. The minimum atomic E-state index is -3.73. The summed E-state index contributed by atoms with van der Waals surface area (Å²) in [6.45, 7) is 0.695. The molecule has 0 radical (unpaired) electrons. The number of hydrogen-bond donors (Lipinski definition) is 3. The first kappa shape index (κ1) is 16.6. The Hall–Kier alpha value is -1.46. The van der Waals surface area contributed by atoms with E-state index in [9.17, 15) is 18.6 Å². The maximum absolute atomic E-state index is 12.1. The molecule has 0 bridgehead atoms. The monoisotopic (exact) mass is 298 g/mol. The van der Waals surface area contributed by atoms with Gasteiger partial charge in [-0.1, -0.05) is 19.1 Å². The lowest BCUT2D eigenvalue weighted by molar-refractivity contribution is 0.105. The molecule has 0 saturated carbocycles. The molecular weight excluding hydrogens is 280 g/mol. The molecule has 0 unspecified atom stereocenters. The van der Waals surface area contributed by atoms with Crippen LogP contribution in [0.25, 0.3) is 0 Å². The number of nitriles is 1. The van der Waals surface area contributed by atoms with Gasteiger partial charge >= 0.3 is 0 Å². The normalized spacial score (nSPS) is 12.1. The Bertz CT molecular complexity index is 580. The van der Waals surface area contributed by atoms with Gasteiger partial charge in [-0.3, -0.25) is 0 Å². The highest BCUT2D eigenvalue weighted by atomic mass is 32.2. The smallest absolute Gasteiger partial charge is 0.216 e. The van der Waals surface area contributed by atoms with Crippen LogP contribution in [-0.2, 0) is 15.8 Å². The quantitative estimate of drug-likeness (QED) is 0.662. The molecule has 1 aromatic carbocycles. The fraction of sp³-hybridized carbons (Fsp3) is 0.462. The van der Waals surface area contributed by atoms with Gasteiger partial charge in [0.2, 0.25) is 10.0 Å². The second kappa shape index (κ2) is 6.81. The molecule has 0 saturated heterocycles. The molecule has 0 amide bonds. The molecule has 1 aromatic rings. The summed E-state index contributed by atoms with van der Waals surface area (Å²) >= 11 is 0. The molecule has 0 fully saturated rings. The van der Waals surface area contributed by atoms with Gasteiger partial charge in [0.1, 0.15) is 0 Å². The summed E-state index contributed by atoms with van der Waals surface area (Å²) in [6, 6.07) is 8.22. The molecule has 20 heavy (non-hydrogen) atoms. The Labute approximate surface area is 118 Å². The summed E-state index contributed by atoms with van der Waals surface area (Å²) in [5.41, 5.74) is -0.410. The van der Waals surface area contributed by atoms with Crippen LogP contribution in [-0.4, -0.2) is 37.4 Å². The van der Waals surface area contributed by atoms with Gasteiger partial charge in [0, 0.05) is 0 Å². The van der Waals surface area contributed by atoms with Crippen molar-refractivity contribution in [1.82, 2.24) is 4.72 Å². The number of benzene rings is 1. The Balaban J connectivity index is 2.92. The topological polar surface area (TPSA) is 110 Å². The Morgan fingerprint density at radius 1 is 1.35 bits per heavy atom. The SMILES string of the molecule is CCC(CO)(CO)NS(=O)(=O)Cc1cccc(C#N)c1. The number of aliphatic hydroxyl groups excluding tert-OH is 2. The predicted molar refractivity (Wildman–Crippen MR) is 74.1 cm³/mol. The van der Waals surface area contributed by atoms with E-state index in [-0.39, 0.29) is 12.2 Å². The summed E-state index contributed by atoms with van der Waals surface area (Å²) in [6.07, 6.45) is 0.261. The van der Waals surface area contributed by atoms with Crippen molar-refractivity contribution in [3.63, 3.8) is 0 Å². The van der Waals surface area contributed by atoms with Crippen molar-refractivity contribution in [2.45, 2.75) is 24.6 Å². The molecule has 0 aromatic heterocycles. The summed E-state index contributed by atoms with van der Waals surface area (Å²) in [7, 11) is -3.73. The van der Waals surface area contributed by atoms with Gasteiger partial charge in [-0.2, -0.15) is 5.26 Å². The van der Waals surface area contributed by atoms with E-state index >= 15 is 0 Å². The zero-order valence-electron chi connectivity index (χ0n) is 11.2. The van der Waals surface area contributed by atoms with Gasteiger partial charge in [-0.15, -0.1) is 0 Å². The predicted octanol–water partition coefficient (Wildman–Crippen LogP) is 0.111. The van der Waals surface area contributed by atoms with Crippen molar-refractivity contribution in [2.24, 2.45) is 0 Å². The molecular formula is C13H18N2O4S.